The van der Waals surface area contributed by atoms with Gasteiger partial charge in [0.2, 0.25) is 0 Å². The maximum absolute atomic E-state index is 9.23. The molecule has 0 atom stereocenters. The summed E-state index contributed by atoms with van der Waals surface area (Å²) in [6.07, 6.45) is 0. The normalized spacial score (nSPS) is 11.3. The predicted molar refractivity (Wildman–Crippen MR) is 443 cm³/mol. The Kier molecular flexibility index (Phi) is 17.1. The van der Waals surface area contributed by atoms with Gasteiger partial charge in [-0.05, 0) is 172 Å². The maximum Gasteiger partial charge on any atom is 0.488 e. The van der Waals surface area contributed by atoms with Crippen molar-refractivity contribution in [1.29, 1.82) is 0 Å². The fourth-order valence-corrected chi connectivity index (χ4v) is 15.3. The second-order valence-electron chi connectivity index (χ2n) is 26.2. The van der Waals surface area contributed by atoms with Crippen LogP contribution in [0.5, 0.6) is 0 Å². The molecule has 106 heavy (non-hydrogen) atoms. The third kappa shape index (κ3) is 12.0. The van der Waals surface area contributed by atoms with Gasteiger partial charge in [-0.25, -0.2) is 0 Å². The van der Waals surface area contributed by atoms with Crippen LogP contribution in [-0.4, -0.2) is 26.3 Å². The highest BCUT2D eigenvalue weighted by atomic mass is 35.5. The first kappa shape index (κ1) is 64.7. The summed E-state index contributed by atoms with van der Waals surface area (Å²) in [7, 11) is -1.45. The van der Waals surface area contributed by atoms with Gasteiger partial charge < -0.3 is 37.8 Å². The smallest absolute Gasteiger partial charge is 0.454 e. The Labute approximate surface area is 617 Å². The molecule has 0 bridgehead atoms. The van der Waals surface area contributed by atoms with E-state index in [0.717, 1.165) is 133 Å². The molecule has 0 unspecified atom stereocenters. The highest BCUT2D eigenvalue weighted by molar-refractivity contribution is 6.58. The number of halogens is 1. The van der Waals surface area contributed by atoms with Crippen molar-refractivity contribution in [3.8, 4) is 44.8 Å². The lowest BCUT2D eigenvalue weighted by Gasteiger charge is -2.25. The van der Waals surface area contributed by atoms with Crippen LogP contribution in [0.1, 0.15) is 0 Å². The van der Waals surface area contributed by atoms with E-state index < -0.39 is 7.12 Å². The van der Waals surface area contributed by atoms with Gasteiger partial charge in [0.05, 0.1) is 27.1 Å². The van der Waals surface area contributed by atoms with E-state index in [0.29, 0.717) is 5.46 Å². The minimum absolute atomic E-state index is 0.477. The largest absolute Gasteiger partial charge is 0.488 e. The monoisotopic (exact) mass is 1380 g/mol. The summed E-state index contributed by atoms with van der Waals surface area (Å²) in [6, 6.07) is 134. The molecule has 10 heteroatoms. The molecule has 0 radical (unpaired) electrons. The number of hydrogen-bond donors (Lipinski definition) is 2. The average molecular weight is 1390 g/mol. The molecule has 4 heterocycles. The van der Waals surface area contributed by atoms with Crippen LogP contribution in [0.15, 0.2) is 397 Å². The van der Waals surface area contributed by atoms with E-state index in [-0.39, 0.29) is 0 Å². The van der Waals surface area contributed by atoms with Gasteiger partial charge >= 0.3 is 7.12 Å². The lowest BCUT2D eigenvalue weighted by atomic mass is 9.80. The topological polar surface area (TPSA) is 83.1 Å². The molecule has 0 saturated carbocycles. The Balaban J connectivity index is 0.000000124. The maximum atomic E-state index is 9.23. The highest BCUT2D eigenvalue weighted by Crippen LogP contribution is 2.48. The van der Waals surface area contributed by atoms with Crippen LogP contribution in [0, 0.1) is 0 Å². The molecule has 0 amide bonds. The molecule has 2 N–H and O–H groups in total. The van der Waals surface area contributed by atoms with Gasteiger partial charge in [0.1, 0.15) is 11.2 Å². The number of fused-ring (bicyclic) bond motifs is 14. The zero-order valence-corrected chi connectivity index (χ0v) is 58.2. The third-order valence-electron chi connectivity index (χ3n) is 19.9. The highest BCUT2D eigenvalue weighted by Gasteiger charge is 2.26. The van der Waals surface area contributed by atoms with Gasteiger partial charge in [0.25, 0.3) is 0 Å². The van der Waals surface area contributed by atoms with Crippen molar-refractivity contribution >= 4 is 146 Å². The molecule has 20 rings (SSSR count). The van der Waals surface area contributed by atoms with Gasteiger partial charge in [-0.1, -0.05) is 266 Å². The second-order valence-corrected chi connectivity index (χ2v) is 26.6. The quantitative estimate of drug-likeness (QED) is 0.119. The minimum Gasteiger partial charge on any atom is -0.454 e. The zero-order valence-electron chi connectivity index (χ0n) is 57.4. The Morgan fingerprint density at radius 2 is 0.585 bits per heavy atom. The lowest BCUT2D eigenvalue weighted by Crippen LogP contribution is -2.29. The second kappa shape index (κ2) is 28.1. The molecular weight excluding hydrogens is 1320 g/mol. The summed E-state index contributed by atoms with van der Waals surface area (Å²) >= 11 is 6.92. The van der Waals surface area contributed by atoms with Crippen LogP contribution in [0.4, 0.5) is 34.1 Å². The van der Waals surface area contributed by atoms with Crippen LogP contribution in [0.25, 0.3) is 132 Å². The standard InChI is InChI=1S/C48H32N2O.C30H18ClNO.C18H16BNO2/c1-4-14-33(15-5-1)34-24-28-39(29-25-34)50-44-22-12-10-21-41(44)46-42(32-43-40-20-11-13-23-45(40)51-48(43)47(46)50)35-26-30-38(31-27-35)49(36-16-6-2-7-17-36)37-18-8-3-9-19-37;31-25-18-24-22-10-5-7-13-27(22)33-30(24)29-28(25)23-11-4-6-12-26(23)32(29)21-16-14-20(15-17-21)19-8-2-1-3-9-19;21-19(22)15-11-13-18(14-12-15)20(16-7-3-1-4-8-16)17-9-5-2-6-10-17/h1-32H;1-18H;1-14,21-22H. The Morgan fingerprint density at radius 1 is 0.274 bits per heavy atom. The van der Waals surface area contributed by atoms with Crippen LogP contribution >= 0.6 is 11.6 Å². The number of benzene rings is 16. The number of rotatable bonds is 12. The van der Waals surface area contributed by atoms with Crippen LogP contribution < -0.4 is 15.3 Å². The van der Waals surface area contributed by atoms with E-state index in [9.17, 15) is 10.0 Å². The zero-order chi connectivity index (χ0) is 71.0. The molecule has 504 valence electrons. The van der Waals surface area contributed by atoms with Gasteiger partial charge in [0, 0.05) is 88.6 Å². The summed E-state index contributed by atoms with van der Waals surface area (Å²) in [5, 5.41) is 28.0. The molecule has 8 nitrogen and oxygen atoms in total. The molecule has 20 aromatic rings. The first-order valence-electron chi connectivity index (χ1n) is 35.5. The van der Waals surface area contributed by atoms with E-state index in [2.05, 4.69) is 286 Å². The molecule has 0 aliphatic heterocycles. The van der Waals surface area contributed by atoms with Gasteiger partial charge in [-0.3, -0.25) is 0 Å². The summed E-state index contributed by atoms with van der Waals surface area (Å²) in [5.74, 6) is 0. The molecule has 4 aromatic heterocycles. The van der Waals surface area contributed by atoms with Crippen molar-refractivity contribution in [3.63, 3.8) is 0 Å². The molecule has 0 aliphatic carbocycles. The molecular formula is C96H66BClN4O4. The molecule has 0 aliphatic rings. The third-order valence-corrected chi connectivity index (χ3v) is 20.2. The number of nitrogens with zero attached hydrogens (tertiary/aromatic N) is 4. The van der Waals surface area contributed by atoms with E-state index in [1.165, 1.54) is 38.6 Å². The van der Waals surface area contributed by atoms with Crippen LogP contribution in [0.3, 0.4) is 0 Å². The summed E-state index contributed by atoms with van der Waals surface area (Å²) in [6.45, 7) is 0. The Morgan fingerprint density at radius 3 is 1.00 bits per heavy atom. The summed E-state index contributed by atoms with van der Waals surface area (Å²) in [4.78, 5) is 4.42. The van der Waals surface area contributed by atoms with Crippen molar-refractivity contribution in [2.24, 2.45) is 0 Å². The van der Waals surface area contributed by atoms with E-state index in [4.69, 9.17) is 20.4 Å². The van der Waals surface area contributed by atoms with E-state index >= 15 is 0 Å². The van der Waals surface area contributed by atoms with Crippen molar-refractivity contribution in [1.82, 2.24) is 9.13 Å². The molecule has 0 saturated heterocycles. The fourth-order valence-electron chi connectivity index (χ4n) is 15.0. The van der Waals surface area contributed by atoms with Crippen molar-refractivity contribution in [2.75, 3.05) is 9.80 Å². The number of para-hydroxylation sites is 8. The number of hydrogen-bond acceptors (Lipinski definition) is 6. The van der Waals surface area contributed by atoms with Crippen molar-refractivity contribution in [3.05, 3.63) is 393 Å². The van der Waals surface area contributed by atoms with Gasteiger partial charge in [-0.2, -0.15) is 0 Å². The average Bonchev–Trinajstić information content (AvgIpc) is 1.56. The van der Waals surface area contributed by atoms with Crippen LogP contribution in [-0.2, 0) is 0 Å². The Hall–Kier alpha value is -13.4. The van der Waals surface area contributed by atoms with E-state index in [1.54, 1.807) is 12.1 Å². The number of aromatic nitrogens is 2. The first-order valence-corrected chi connectivity index (χ1v) is 35.8. The minimum atomic E-state index is -1.45. The van der Waals surface area contributed by atoms with Crippen molar-refractivity contribution < 1.29 is 18.9 Å². The molecule has 0 spiro atoms. The van der Waals surface area contributed by atoms with Gasteiger partial charge in [-0.15, -0.1) is 0 Å². The summed E-state index contributed by atoms with van der Waals surface area (Å²) in [5.41, 5.74) is 24.0. The van der Waals surface area contributed by atoms with Crippen LogP contribution in [0.2, 0.25) is 5.02 Å². The lowest BCUT2D eigenvalue weighted by molar-refractivity contribution is 0.426. The summed E-state index contributed by atoms with van der Waals surface area (Å²) < 4.78 is 17.8. The number of anilines is 6. The molecule has 16 aromatic carbocycles. The SMILES string of the molecule is Clc1cc2c3ccccc3oc2c2c1c1ccccc1n2-c1ccc(-c2ccccc2)cc1.OB(O)c1ccc(N(c2ccccc2)c2ccccc2)cc1.c1ccc(-c2ccc(-n3c4ccccc4c4c(-c5ccc(N(c6ccccc6)c6ccccc6)cc5)cc5c6ccccc6oc5c43)cc2)cc1. The number of furan rings is 2. The molecule has 0 fully saturated rings. The predicted octanol–water partition coefficient (Wildman–Crippen LogP) is 25.3. The van der Waals surface area contributed by atoms with Gasteiger partial charge in [0.15, 0.2) is 11.2 Å². The Bertz CT molecular complexity index is 6430. The van der Waals surface area contributed by atoms with Crippen molar-refractivity contribution in [2.45, 2.75) is 0 Å². The fraction of sp³-hybridized carbons (Fsp3) is 0. The van der Waals surface area contributed by atoms with E-state index in [1.807, 2.05) is 109 Å². The first-order chi connectivity index (χ1) is 52.4.